The summed E-state index contributed by atoms with van der Waals surface area (Å²) in [6.07, 6.45) is 6.58. The SMILES string of the molecule is Cc1nc2cc(NC(=O)C3C4CC5CC(C4)CC3C5)ccc2s1. The van der Waals surface area contributed by atoms with Crippen molar-refractivity contribution in [2.75, 3.05) is 5.32 Å². The van der Waals surface area contributed by atoms with E-state index >= 15 is 0 Å². The van der Waals surface area contributed by atoms with Crippen LogP contribution in [0.5, 0.6) is 0 Å². The number of aromatic nitrogens is 1. The average Bonchev–Trinajstić information content (AvgIpc) is 2.85. The maximum atomic E-state index is 12.9. The van der Waals surface area contributed by atoms with Gasteiger partial charge in [0.05, 0.1) is 15.2 Å². The Bertz CT molecular complexity index is 753. The Balaban J connectivity index is 1.38. The monoisotopic (exact) mass is 326 g/mol. The molecule has 4 heteroatoms. The van der Waals surface area contributed by atoms with Crippen molar-refractivity contribution in [3.05, 3.63) is 23.2 Å². The summed E-state index contributed by atoms with van der Waals surface area (Å²) in [5.41, 5.74) is 1.90. The Morgan fingerprint density at radius 1 is 1.13 bits per heavy atom. The van der Waals surface area contributed by atoms with E-state index in [1.54, 1.807) is 11.3 Å². The van der Waals surface area contributed by atoms with Crippen molar-refractivity contribution in [1.82, 2.24) is 4.98 Å². The summed E-state index contributed by atoms with van der Waals surface area (Å²) in [6.45, 7) is 2.03. The van der Waals surface area contributed by atoms with Crippen LogP contribution < -0.4 is 5.32 Å². The molecule has 4 aliphatic rings. The number of aryl methyl sites for hydroxylation is 1. The molecule has 0 radical (unpaired) electrons. The van der Waals surface area contributed by atoms with Crippen molar-refractivity contribution in [2.45, 2.75) is 39.0 Å². The zero-order chi connectivity index (χ0) is 15.6. The van der Waals surface area contributed by atoms with Crippen LogP contribution >= 0.6 is 11.3 Å². The smallest absolute Gasteiger partial charge is 0.228 e. The van der Waals surface area contributed by atoms with Crippen LogP contribution in [0.1, 0.15) is 37.1 Å². The molecule has 120 valence electrons. The largest absolute Gasteiger partial charge is 0.326 e. The molecule has 0 saturated heterocycles. The standard InChI is InChI=1S/C19H22N2OS/c1-10-20-16-9-15(2-3-17(16)23-10)21-19(22)18-13-5-11-4-12(7-13)8-14(18)6-11/h2-3,9,11-14,18H,4-8H2,1H3,(H,21,22). The Kier molecular flexibility index (Phi) is 3.06. The van der Waals surface area contributed by atoms with E-state index in [0.717, 1.165) is 28.0 Å². The quantitative estimate of drug-likeness (QED) is 0.875. The summed E-state index contributed by atoms with van der Waals surface area (Å²) in [7, 11) is 0. The van der Waals surface area contributed by atoms with Gasteiger partial charge in [-0.15, -0.1) is 11.3 Å². The zero-order valence-electron chi connectivity index (χ0n) is 13.4. The van der Waals surface area contributed by atoms with Crippen LogP contribution in [0.4, 0.5) is 5.69 Å². The van der Waals surface area contributed by atoms with E-state index in [9.17, 15) is 4.79 Å². The molecular weight excluding hydrogens is 304 g/mol. The molecule has 0 aliphatic heterocycles. The Labute approximate surface area is 140 Å². The number of thiazole rings is 1. The molecule has 2 aromatic rings. The summed E-state index contributed by atoms with van der Waals surface area (Å²) in [5, 5.41) is 4.27. The first-order chi connectivity index (χ1) is 11.2. The van der Waals surface area contributed by atoms with Gasteiger partial charge in [0.15, 0.2) is 0 Å². The highest BCUT2D eigenvalue weighted by Gasteiger charge is 2.50. The fraction of sp³-hybridized carbons (Fsp3) is 0.579. The summed E-state index contributed by atoms with van der Waals surface area (Å²) in [5.74, 6) is 3.60. The molecular formula is C19H22N2OS. The van der Waals surface area contributed by atoms with Crippen LogP contribution in [0.3, 0.4) is 0 Å². The van der Waals surface area contributed by atoms with E-state index in [4.69, 9.17) is 0 Å². The molecule has 1 aromatic carbocycles. The van der Waals surface area contributed by atoms with Gasteiger partial charge in [0.25, 0.3) is 0 Å². The molecule has 1 N–H and O–H groups in total. The Morgan fingerprint density at radius 3 is 2.52 bits per heavy atom. The van der Waals surface area contributed by atoms with Crippen LogP contribution in [-0.4, -0.2) is 10.9 Å². The van der Waals surface area contributed by atoms with E-state index < -0.39 is 0 Å². The fourth-order valence-electron chi connectivity index (χ4n) is 5.70. The fourth-order valence-corrected chi connectivity index (χ4v) is 6.51. The van der Waals surface area contributed by atoms with Crippen molar-refractivity contribution in [3.8, 4) is 0 Å². The number of benzene rings is 1. The Morgan fingerprint density at radius 2 is 1.83 bits per heavy atom. The molecule has 23 heavy (non-hydrogen) atoms. The predicted molar refractivity (Wildman–Crippen MR) is 93.5 cm³/mol. The molecule has 3 nitrogen and oxygen atoms in total. The summed E-state index contributed by atoms with van der Waals surface area (Å²) >= 11 is 1.70. The number of anilines is 1. The Hall–Kier alpha value is -1.42. The summed E-state index contributed by atoms with van der Waals surface area (Å²) < 4.78 is 1.19. The van der Waals surface area contributed by atoms with Gasteiger partial charge in [-0.05, 0) is 80.9 Å². The number of carbonyl (C=O) groups excluding carboxylic acids is 1. The first-order valence-corrected chi connectivity index (χ1v) is 9.65. The van der Waals surface area contributed by atoms with Crippen LogP contribution in [-0.2, 0) is 4.79 Å². The van der Waals surface area contributed by atoms with Crippen molar-refractivity contribution in [2.24, 2.45) is 29.6 Å². The third kappa shape index (κ3) is 2.30. The molecule has 4 bridgehead atoms. The van der Waals surface area contributed by atoms with Gasteiger partial charge < -0.3 is 5.32 Å². The second-order valence-corrected chi connectivity index (χ2v) is 9.10. The van der Waals surface area contributed by atoms with Gasteiger partial charge in [0.1, 0.15) is 0 Å². The maximum Gasteiger partial charge on any atom is 0.228 e. The third-order valence-corrected chi connectivity index (χ3v) is 7.24. The van der Waals surface area contributed by atoms with Crippen LogP contribution in [0.25, 0.3) is 10.2 Å². The lowest BCUT2D eigenvalue weighted by molar-refractivity contribution is -0.132. The van der Waals surface area contributed by atoms with Gasteiger partial charge in [0.2, 0.25) is 5.91 Å². The van der Waals surface area contributed by atoms with E-state index in [1.165, 1.54) is 36.8 Å². The van der Waals surface area contributed by atoms with Gasteiger partial charge in [-0.2, -0.15) is 0 Å². The van der Waals surface area contributed by atoms with Gasteiger partial charge in [-0.25, -0.2) is 4.98 Å². The van der Waals surface area contributed by atoms with Crippen molar-refractivity contribution < 1.29 is 4.79 Å². The van der Waals surface area contributed by atoms with Crippen molar-refractivity contribution in [3.63, 3.8) is 0 Å². The molecule has 0 atom stereocenters. The third-order valence-electron chi connectivity index (χ3n) is 6.29. The zero-order valence-corrected chi connectivity index (χ0v) is 14.2. The van der Waals surface area contributed by atoms with Gasteiger partial charge >= 0.3 is 0 Å². The number of nitrogens with one attached hydrogen (secondary N) is 1. The number of fused-ring (bicyclic) bond motifs is 1. The lowest BCUT2D eigenvalue weighted by Gasteiger charge is -2.53. The molecule has 1 aromatic heterocycles. The number of amides is 1. The predicted octanol–water partition coefficient (Wildman–Crippen LogP) is 4.62. The minimum absolute atomic E-state index is 0.246. The highest BCUT2D eigenvalue weighted by Crippen LogP contribution is 2.56. The second-order valence-electron chi connectivity index (χ2n) is 7.86. The maximum absolute atomic E-state index is 12.9. The second kappa shape index (κ2) is 5.04. The number of carbonyl (C=O) groups is 1. The van der Waals surface area contributed by atoms with Gasteiger partial charge in [0, 0.05) is 11.6 Å². The molecule has 4 fully saturated rings. The molecule has 4 saturated carbocycles. The number of nitrogens with zero attached hydrogens (tertiary/aromatic N) is 1. The van der Waals surface area contributed by atoms with E-state index in [2.05, 4.69) is 16.4 Å². The summed E-state index contributed by atoms with van der Waals surface area (Å²) in [4.78, 5) is 17.4. The highest BCUT2D eigenvalue weighted by atomic mass is 32.1. The van der Waals surface area contributed by atoms with Crippen LogP contribution in [0.15, 0.2) is 18.2 Å². The number of rotatable bonds is 2. The van der Waals surface area contributed by atoms with Gasteiger partial charge in [-0.1, -0.05) is 0 Å². The van der Waals surface area contributed by atoms with E-state index in [0.29, 0.717) is 11.8 Å². The van der Waals surface area contributed by atoms with Crippen molar-refractivity contribution in [1.29, 1.82) is 0 Å². The van der Waals surface area contributed by atoms with Crippen molar-refractivity contribution >= 4 is 33.1 Å². The molecule has 4 aliphatic carbocycles. The van der Waals surface area contributed by atoms with E-state index in [-0.39, 0.29) is 11.8 Å². The molecule has 1 amide bonds. The van der Waals surface area contributed by atoms with Crippen LogP contribution in [0.2, 0.25) is 0 Å². The lowest BCUT2D eigenvalue weighted by Crippen LogP contribution is -2.49. The number of hydrogen-bond acceptors (Lipinski definition) is 3. The topological polar surface area (TPSA) is 42.0 Å². The lowest BCUT2D eigenvalue weighted by atomic mass is 9.51. The highest BCUT2D eigenvalue weighted by molar-refractivity contribution is 7.18. The minimum atomic E-state index is 0.246. The first kappa shape index (κ1) is 14.0. The normalized spacial score (nSPS) is 34.9. The molecule has 6 rings (SSSR count). The molecule has 0 spiro atoms. The molecule has 0 unspecified atom stereocenters. The van der Waals surface area contributed by atoms with E-state index in [1.807, 2.05) is 19.1 Å². The summed E-state index contributed by atoms with van der Waals surface area (Å²) in [6, 6.07) is 6.12. The van der Waals surface area contributed by atoms with Gasteiger partial charge in [-0.3, -0.25) is 4.79 Å². The average molecular weight is 326 g/mol. The first-order valence-electron chi connectivity index (χ1n) is 8.84. The minimum Gasteiger partial charge on any atom is -0.326 e. The van der Waals surface area contributed by atoms with Crippen LogP contribution in [0, 0.1) is 36.5 Å². The molecule has 1 heterocycles. The number of hydrogen-bond donors (Lipinski definition) is 1.